The number of hydrogen-bond acceptors (Lipinski definition) is 3. The summed E-state index contributed by atoms with van der Waals surface area (Å²) in [6.07, 6.45) is 2.05. The minimum absolute atomic E-state index is 0. The summed E-state index contributed by atoms with van der Waals surface area (Å²) in [6.45, 7) is 15.4. The van der Waals surface area contributed by atoms with Gasteiger partial charge in [0.1, 0.15) is 11.3 Å². The second-order valence-electron chi connectivity index (χ2n) is 14.2. The number of aryl methyl sites for hydroxylation is 2. The van der Waals surface area contributed by atoms with Gasteiger partial charge in [0.2, 0.25) is 0 Å². The minimum atomic E-state index is -0.0417. The molecule has 7 aromatic rings. The molecular weight excluding hydrogens is 808 g/mol. The smallest absolute Gasteiger partial charge is 0.509 e. The van der Waals surface area contributed by atoms with Gasteiger partial charge in [-0.2, -0.15) is 6.07 Å². The Bertz CT molecular complexity index is 2470. The molecule has 0 saturated heterocycles. The first kappa shape index (κ1) is 34.2. The van der Waals surface area contributed by atoms with E-state index in [9.17, 15) is 0 Å². The zero-order chi connectivity index (χ0) is 34.9. The molecule has 256 valence electrons. The van der Waals surface area contributed by atoms with Crippen LogP contribution in [0.1, 0.15) is 37.5 Å². The van der Waals surface area contributed by atoms with Crippen LogP contribution in [0, 0.1) is 33.0 Å². The first-order valence-electron chi connectivity index (χ1n) is 17.0. The molecule has 0 aliphatic carbocycles. The summed E-state index contributed by atoms with van der Waals surface area (Å²) in [5.41, 5.74) is 10.9. The number of fused-ring (bicyclic) bond motifs is 4. The van der Waals surface area contributed by atoms with Crippen molar-refractivity contribution in [1.82, 2.24) is 4.57 Å². The Kier molecular flexibility index (Phi) is 8.60. The van der Waals surface area contributed by atoms with Crippen molar-refractivity contribution in [2.45, 2.75) is 40.0 Å². The van der Waals surface area contributed by atoms with Gasteiger partial charge in [-0.25, -0.2) is 0 Å². The van der Waals surface area contributed by atoms with E-state index in [0.29, 0.717) is 11.5 Å². The Balaban J connectivity index is 0.00000406. The van der Waals surface area contributed by atoms with E-state index in [1.165, 1.54) is 22.3 Å². The summed E-state index contributed by atoms with van der Waals surface area (Å²) in [5, 5.41) is 2.27. The second kappa shape index (κ2) is 12.8. The van der Waals surface area contributed by atoms with E-state index in [4.69, 9.17) is 4.74 Å². The molecule has 5 nitrogen and oxygen atoms in total. The van der Waals surface area contributed by atoms with Crippen molar-refractivity contribution in [3.63, 3.8) is 0 Å². The molecule has 0 radical (unpaired) electrons. The SMILES string of the molecule is C=C1N(C)c2ccccc2N1c1[c-]c(Oc2[c-]c3c(c(-c4c(C)cccc4C)c2)c2ccccc2n3-c2cc(C(C)(C)C)cc[n+]2[CH2-])ccc1.[Pt+2]. The fraction of sp³-hybridized carbons (Fsp3) is 0.156. The standard InChI is InChI=1S/C45H40N4O.Pt/c1-29-15-13-16-30(2)43(29)37-27-35(50-34-18-14-17-33(26-34)48-31(3)47(8)39-21-11-12-22-40(39)48)28-41-44(37)36-19-9-10-20-38(36)49(41)42-25-32(45(4,5)6)23-24-46(42)7;/h9-25,27H,3,7H2,1-2,4-6,8H3;/q-2;+2. The topological polar surface area (TPSA) is 24.5 Å². The summed E-state index contributed by atoms with van der Waals surface area (Å²) in [5.74, 6) is 3.00. The van der Waals surface area contributed by atoms with Crippen molar-refractivity contribution in [3.8, 4) is 28.4 Å². The fourth-order valence-corrected chi connectivity index (χ4v) is 7.27. The molecule has 0 spiro atoms. The molecule has 0 amide bonds. The van der Waals surface area contributed by atoms with Crippen LogP contribution in [0.3, 0.4) is 0 Å². The molecule has 1 aliphatic rings. The molecule has 2 aromatic heterocycles. The quantitative estimate of drug-likeness (QED) is 0.127. The van der Waals surface area contributed by atoms with Crippen LogP contribution in [0.15, 0.2) is 122 Å². The predicted octanol–water partition coefficient (Wildman–Crippen LogP) is 10.7. The number of hydrogen-bond donors (Lipinski definition) is 0. The van der Waals surface area contributed by atoms with E-state index >= 15 is 0 Å². The van der Waals surface area contributed by atoms with E-state index < -0.39 is 0 Å². The molecule has 0 bridgehead atoms. The Morgan fingerprint density at radius 2 is 1.47 bits per heavy atom. The van der Waals surface area contributed by atoms with Gasteiger partial charge >= 0.3 is 21.1 Å². The van der Waals surface area contributed by atoms with Crippen LogP contribution in [-0.2, 0) is 26.5 Å². The molecule has 5 aromatic carbocycles. The molecule has 8 rings (SSSR count). The van der Waals surface area contributed by atoms with E-state index in [1.807, 2.05) is 48.1 Å². The summed E-state index contributed by atoms with van der Waals surface area (Å²) in [7, 11) is 6.45. The molecule has 0 N–H and O–H groups in total. The zero-order valence-corrected chi connectivity index (χ0v) is 32.1. The van der Waals surface area contributed by atoms with Crippen LogP contribution >= 0.6 is 0 Å². The van der Waals surface area contributed by atoms with Crippen molar-refractivity contribution < 1.29 is 30.4 Å². The van der Waals surface area contributed by atoms with E-state index in [1.54, 1.807) is 0 Å². The predicted molar refractivity (Wildman–Crippen MR) is 206 cm³/mol. The van der Waals surface area contributed by atoms with Gasteiger partial charge in [0, 0.05) is 24.1 Å². The van der Waals surface area contributed by atoms with Gasteiger partial charge in [0.15, 0.2) is 5.82 Å². The third-order valence-corrected chi connectivity index (χ3v) is 9.86. The average molecular weight is 848 g/mol. The normalized spacial score (nSPS) is 12.8. The van der Waals surface area contributed by atoms with Crippen molar-refractivity contribution in [2.75, 3.05) is 16.8 Å². The van der Waals surface area contributed by atoms with Crippen molar-refractivity contribution in [3.05, 3.63) is 158 Å². The van der Waals surface area contributed by atoms with Crippen LogP contribution in [0.25, 0.3) is 38.8 Å². The molecule has 0 saturated carbocycles. The van der Waals surface area contributed by atoms with Crippen LogP contribution in [0.5, 0.6) is 11.5 Å². The van der Waals surface area contributed by atoms with Gasteiger partial charge in [-0.05, 0) is 78.8 Å². The van der Waals surface area contributed by atoms with Crippen molar-refractivity contribution in [2.24, 2.45) is 0 Å². The van der Waals surface area contributed by atoms with E-state index in [-0.39, 0.29) is 26.5 Å². The number of nitrogens with zero attached hydrogens (tertiary/aromatic N) is 4. The third kappa shape index (κ3) is 5.70. The Labute approximate surface area is 315 Å². The number of benzene rings is 5. The molecule has 3 heterocycles. The molecule has 0 unspecified atom stereocenters. The number of anilines is 3. The molecule has 0 fully saturated rings. The monoisotopic (exact) mass is 847 g/mol. The van der Waals surface area contributed by atoms with Gasteiger partial charge in [-0.1, -0.05) is 105 Å². The van der Waals surface area contributed by atoms with E-state index in [2.05, 4.69) is 148 Å². The van der Waals surface area contributed by atoms with Gasteiger partial charge in [-0.3, -0.25) is 4.57 Å². The number of aromatic nitrogens is 2. The van der Waals surface area contributed by atoms with Crippen LogP contribution < -0.4 is 19.1 Å². The Morgan fingerprint density at radius 3 is 2.22 bits per heavy atom. The first-order chi connectivity index (χ1) is 24.0. The zero-order valence-electron chi connectivity index (χ0n) is 29.8. The number of ether oxygens (including phenoxy) is 1. The summed E-state index contributed by atoms with van der Waals surface area (Å²) >= 11 is 0. The molecular formula is C45H40N4OPt. The number of rotatable bonds is 5. The summed E-state index contributed by atoms with van der Waals surface area (Å²) in [4.78, 5) is 4.21. The van der Waals surface area contributed by atoms with Crippen LogP contribution in [0.4, 0.5) is 17.1 Å². The van der Waals surface area contributed by atoms with Gasteiger partial charge < -0.3 is 19.1 Å². The Hall–Kier alpha value is -5.25. The van der Waals surface area contributed by atoms with Crippen molar-refractivity contribution in [1.29, 1.82) is 0 Å². The van der Waals surface area contributed by atoms with E-state index in [0.717, 1.165) is 56.1 Å². The molecule has 1 aliphatic heterocycles. The van der Waals surface area contributed by atoms with Crippen LogP contribution in [-0.4, -0.2) is 11.6 Å². The number of para-hydroxylation sites is 3. The second-order valence-corrected chi connectivity index (χ2v) is 14.2. The molecule has 0 atom stereocenters. The van der Waals surface area contributed by atoms with Gasteiger partial charge in [0.25, 0.3) is 0 Å². The average Bonchev–Trinajstić information content (AvgIpc) is 3.55. The van der Waals surface area contributed by atoms with Gasteiger partial charge in [0.05, 0.1) is 11.4 Å². The van der Waals surface area contributed by atoms with Gasteiger partial charge in [-0.15, -0.1) is 29.8 Å². The molecule has 6 heteroatoms. The maximum atomic E-state index is 6.76. The first-order valence-corrected chi connectivity index (χ1v) is 17.0. The maximum Gasteiger partial charge on any atom is 2.00 e. The summed E-state index contributed by atoms with van der Waals surface area (Å²) in [6, 6.07) is 43.1. The molecule has 51 heavy (non-hydrogen) atoms. The van der Waals surface area contributed by atoms with Crippen molar-refractivity contribution >= 4 is 38.9 Å². The largest absolute Gasteiger partial charge is 2.00 e. The van der Waals surface area contributed by atoms with Crippen LogP contribution in [0.2, 0.25) is 0 Å². The third-order valence-electron chi connectivity index (χ3n) is 9.86. The maximum absolute atomic E-state index is 6.76. The number of pyridine rings is 1. The Morgan fingerprint density at radius 1 is 0.784 bits per heavy atom. The minimum Gasteiger partial charge on any atom is -0.509 e. The fourth-order valence-electron chi connectivity index (χ4n) is 7.27. The summed E-state index contributed by atoms with van der Waals surface area (Å²) < 4.78 is 11.0.